The monoisotopic (exact) mass is 396 g/mol. The van der Waals surface area contributed by atoms with Gasteiger partial charge in [-0.1, -0.05) is 38.1 Å². The van der Waals surface area contributed by atoms with Crippen LogP contribution in [0, 0.1) is 12.8 Å². The molecule has 0 aliphatic carbocycles. The van der Waals surface area contributed by atoms with Crippen LogP contribution in [0.5, 0.6) is 5.75 Å². The average Bonchev–Trinajstić information content (AvgIpc) is 2.73. The fourth-order valence-corrected chi connectivity index (χ4v) is 3.60. The molecule has 29 heavy (non-hydrogen) atoms. The molecule has 1 saturated heterocycles. The second kappa shape index (κ2) is 9.90. The summed E-state index contributed by atoms with van der Waals surface area (Å²) in [7, 11) is 0. The van der Waals surface area contributed by atoms with Crippen LogP contribution in [0.1, 0.15) is 49.3 Å². The number of hydrogen-bond acceptors (Lipinski definition) is 4. The Hall–Kier alpha value is -2.37. The van der Waals surface area contributed by atoms with Crippen molar-refractivity contribution < 1.29 is 14.3 Å². The Morgan fingerprint density at radius 2 is 1.86 bits per heavy atom. The van der Waals surface area contributed by atoms with Crippen molar-refractivity contribution in [3.05, 3.63) is 59.2 Å². The molecule has 2 aromatic carbocycles. The van der Waals surface area contributed by atoms with Crippen LogP contribution in [0.4, 0.5) is 5.69 Å². The van der Waals surface area contributed by atoms with Gasteiger partial charge in [0.1, 0.15) is 12.4 Å². The van der Waals surface area contributed by atoms with E-state index in [1.54, 1.807) is 0 Å². The number of nitrogens with one attached hydrogen (secondary N) is 1. The Kier molecular flexibility index (Phi) is 7.29. The Morgan fingerprint density at radius 1 is 1.17 bits per heavy atom. The smallest absolute Gasteiger partial charge is 0.241 e. The van der Waals surface area contributed by atoms with Gasteiger partial charge in [0.25, 0.3) is 0 Å². The maximum Gasteiger partial charge on any atom is 0.241 e. The number of aryl methyl sites for hydroxylation is 1. The summed E-state index contributed by atoms with van der Waals surface area (Å²) in [5, 5.41) is 2.93. The molecule has 0 spiro atoms. The molecule has 5 heteroatoms. The zero-order chi connectivity index (χ0) is 20.8. The minimum atomic E-state index is -0.502. The molecule has 2 aromatic rings. The summed E-state index contributed by atoms with van der Waals surface area (Å²) in [6.45, 7) is 8.25. The molecule has 1 aliphatic heterocycles. The van der Waals surface area contributed by atoms with Gasteiger partial charge < -0.3 is 20.5 Å². The molecule has 1 fully saturated rings. The highest BCUT2D eigenvalue weighted by molar-refractivity contribution is 5.94. The highest BCUT2D eigenvalue weighted by atomic mass is 16.5. The molecule has 0 radical (unpaired) electrons. The number of carbonyl (C=O) groups is 1. The minimum Gasteiger partial charge on any atom is -0.489 e. The number of rotatable bonds is 7. The van der Waals surface area contributed by atoms with Gasteiger partial charge in [-0.05, 0) is 66.5 Å². The first kappa shape index (κ1) is 21.3. The molecule has 0 aromatic heterocycles. The van der Waals surface area contributed by atoms with Crippen molar-refractivity contribution in [3.63, 3.8) is 0 Å². The van der Waals surface area contributed by atoms with E-state index in [0.29, 0.717) is 25.7 Å². The highest BCUT2D eigenvalue weighted by Crippen LogP contribution is 2.28. The Morgan fingerprint density at radius 3 is 2.52 bits per heavy atom. The van der Waals surface area contributed by atoms with E-state index in [9.17, 15) is 4.79 Å². The first-order valence-electron chi connectivity index (χ1n) is 10.4. The van der Waals surface area contributed by atoms with E-state index in [1.807, 2.05) is 24.3 Å². The van der Waals surface area contributed by atoms with Crippen molar-refractivity contribution in [3.8, 4) is 5.75 Å². The summed E-state index contributed by atoms with van der Waals surface area (Å²) < 4.78 is 11.4. The second-order valence-electron chi connectivity index (χ2n) is 8.15. The molecular formula is C24H32N2O3. The normalized spacial score (nSPS) is 15.9. The van der Waals surface area contributed by atoms with Gasteiger partial charge in [-0.3, -0.25) is 4.79 Å². The van der Waals surface area contributed by atoms with Gasteiger partial charge in [0.15, 0.2) is 0 Å². The SMILES string of the molecule is Cc1ccc(C(C)C)c(OCc2ccc(NC(=O)C(N)C3CCOCC3)cc2)c1. The molecule has 0 saturated carbocycles. The third-order valence-electron chi connectivity index (χ3n) is 5.48. The number of amides is 1. The molecule has 1 unspecified atom stereocenters. The van der Waals surface area contributed by atoms with Gasteiger partial charge in [0.05, 0.1) is 6.04 Å². The summed E-state index contributed by atoms with van der Waals surface area (Å²) in [4.78, 5) is 12.4. The van der Waals surface area contributed by atoms with Crippen LogP contribution in [0.2, 0.25) is 0 Å². The molecular weight excluding hydrogens is 364 g/mol. The number of benzene rings is 2. The lowest BCUT2D eigenvalue weighted by atomic mass is 9.92. The van der Waals surface area contributed by atoms with Crippen molar-refractivity contribution in [1.29, 1.82) is 0 Å². The molecule has 0 bridgehead atoms. The molecule has 1 amide bonds. The van der Waals surface area contributed by atoms with Crippen LogP contribution < -0.4 is 15.8 Å². The quantitative estimate of drug-likeness (QED) is 0.728. The maximum absolute atomic E-state index is 12.4. The van der Waals surface area contributed by atoms with Gasteiger partial charge in [0, 0.05) is 18.9 Å². The zero-order valence-electron chi connectivity index (χ0n) is 17.6. The Bertz CT molecular complexity index is 811. The molecule has 156 valence electrons. The zero-order valence-corrected chi connectivity index (χ0v) is 17.6. The molecule has 1 aliphatic rings. The molecule has 1 atom stereocenters. The second-order valence-corrected chi connectivity index (χ2v) is 8.15. The predicted octanol–water partition coefficient (Wildman–Crippen LogP) is 4.39. The third-order valence-corrected chi connectivity index (χ3v) is 5.48. The van der Waals surface area contributed by atoms with Crippen LogP contribution >= 0.6 is 0 Å². The lowest BCUT2D eigenvalue weighted by Crippen LogP contribution is -2.43. The van der Waals surface area contributed by atoms with E-state index in [-0.39, 0.29) is 11.8 Å². The standard InChI is InChI=1S/C24H32N2O3/c1-16(2)21-9-4-17(3)14-22(21)29-15-18-5-7-20(8-6-18)26-24(27)23(25)19-10-12-28-13-11-19/h4-9,14,16,19,23H,10-13,15,25H2,1-3H3,(H,26,27). The number of ether oxygens (including phenoxy) is 2. The summed E-state index contributed by atoms with van der Waals surface area (Å²) in [6, 6.07) is 13.6. The van der Waals surface area contributed by atoms with E-state index in [4.69, 9.17) is 15.2 Å². The van der Waals surface area contributed by atoms with Crippen LogP contribution in [-0.2, 0) is 16.1 Å². The Balaban J connectivity index is 1.56. The molecule has 5 nitrogen and oxygen atoms in total. The van der Waals surface area contributed by atoms with Gasteiger partial charge in [-0.25, -0.2) is 0 Å². The third kappa shape index (κ3) is 5.81. The van der Waals surface area contributed by atoms with Gasteiger partial charge in [-0.15, -0.1) is 0 Å². The van der Waals surface area contributed by atoms with E-state index in [0.717, 1.165) is 29.8 Å². The lowest BCUT2D eigenvalue weighted by molar-refractivity contribution is -0.119. The fourth-order valence-electron chi connectivity index (χ4n) is 3.60. The van der Waals surface area contributed by atoms with Crippen molar-refractivity contribution in [2.45, 2.75) is 52.2 Å². The van der Waals surface area contributed by atoms with Crippen LogP contribution in [0.3, 0.4) is 0 Å². The maximum atomic E-state index is 12.4. The van der Waals surface area contributed by atoms with Gasteiger partial charge >= 0.3 is 0 Å². The van der Waals surface area contributed by atoms with Crippen molar-refractivity contribution in [2.24, 2.45) is 11.7 Å². The summed E-state index contributed by atoms with van der Waals surface area (Å²) in [6.07, 6.45) is 1.67. The lowest BCUT2D eigenvalue weighted by Gasteiger charge is -2.26. The first-order chi connectivity index (χ1) is 13.9. The van der Waals surface area contributed by atoms with E-state index in [1.165, 1.54) is 11.1 Å². The largest absolute Gasteiger partial charge is 0.489 e. The molecule has 1 heterocycles. The summed E-state index contributed by atoms with van der Waals surface area (Å²) >= 11 is 0. The van der Waals surface area contributed by atoms with Crippen LogP contribution in [0.25, 0.3) is 0 Å². The number of carbonyl (C=O) groups excluding carboxylic acids is 1. The number of anilines is 1. The van der Waals surface area contributed by atoms with Gasteiger partial charge in [0.2, 0.25) is 5.91 Å². The number of hydrogen-bond donors (Lipinski definition) is 2. The fraction of sp³-hybridized carbons (Fsp3) is 0.458. The van der Waals surface area contributed by atoms with Crippen molar-refractivity contribution in [2.75, 3.05) is 18.5 Å². The van der Waals surface area contributed by atoms with Crippen molar-refractivity contribution >= 4 is 11.6 Å². The van der Waals surface area contributed by atoms with E-state index >= 15 is 0 Å². The van der Waals surface area contributed by atoms with E-state index < -0.39 is 6.04 Å². The summed E-state index contributed by atoms with van der Waals surface area (Å²) in [5.41, 5.74) is 10.3. The van der Waals surface area contributed by atoms with Crippen LogP contribution in [-0.4, -0.2) is 25.2 Å². The minimum absolute atomic E-state index is 0.137. The van der Waals surface area contributed by atoms with E-state index in [2.05, 4.69) is 44.3 Å². The van der Waals surface area contributed by atoms with Crippen molar-refractivity contribution in [1.82, 2.24) is 0 Å². The van der Waals surface area contributed by atoms with Crippen LogP contribution in [0.15, 0.2) is 42.5 Å². The molecule has 3 N–H and O–H groups in total. The Labute approximate surface area is 173 Å². The predicted molar refractivity (Wildman–Crippen MR) is 116 cm³/mol. The topological polar surface area (TPSA) is 73.6 Å². The molecule has 3 rings (SSSR count). The van der Waals surface area contributed by atoms with Gasteiger partial charge in [-0.2, -0.15) is 0 Å². The summed E-state index contributed by atoms with van der Waals surface area (Å²) in [5.74, 6) is 1.38. The first-order valence-corrected chi connectivity index (χ1v) is 10.4. The number of nitrogens with two attached hydrogens (primary N) is 1. The average molecular weight is 397 g/mol. The highest BCUT2D eigenvalue weighted by Gasteiger charge is 2.26.